The predicted molar refractivity (Wildman–Crippen MR) is 84.6 cm³/mol. The number of hydrogen-bond donors (Lipinski definition) is 3. The van der Waals surface area contributed by atoms with E-state index in [4.69, 9.17) is 15.6 Å². The van der Waals surface area contributed by atoms with Crippen LogP contribution in [0.3, 0.4) is 0 Å². The van der Waals surface area contributed by atoms with Gasteiger partial charge >= 0.3 is 12.1 Å². The molecule has 6 heteroatoms. The summed E-state index contributed by atoms with van der Waals surface area (Å²) in [5, 5.41) is 11.6. The van der Waals surface area contributed by atoms with E-state index in [2.05, 4.69) is 5.32 Å². The maximum Gasteiger partial charge on any atom is 0.408 e. The largest absolute Gasteiger partial charge is 0.480 e. The highest BCUT2D eigenvalue weighted by Crippen LogP contribution is 2.16. The zero-order valence-electron chi connectivity index (χ0n) is 12.4. The summed E-state index contributed by atoms with van der Waals surface area (Å²) in [6.45, 7) is 0.0937. The first-order valence-electron chi connectivity index (χ1n) is 7.08. The third-order valence-electron chi connectivity index (χ3n) is 3.29. The SMILES string of the molecule is N[C@H](C(=O)O)[C@H](NC(=O)OCc1ccccc1)c1ccccc1. The Hall–Kier alpha value is -2.86. The van der Waals surface area contributed by atoms with Crippen molar-refractivity contribution in [1.29, 1.82) is 0 Å². The lowest BCUT2D eigenvalue weighted by atomic mass is 10.0. The van der Waals surface area contributed by atoms with Crippen molar-refractivity contribution >= 4 is 12.1 Å². The zero-order valence-corrected chi connectivity index (χ0v) is 12.4. The lowest BCUT2D eigenvalue weighted by Gasteiger charge is -2.22. The van der Waals surface area contributed by atoms with Gasteiger partial charge in [0.1, 0.15) is 12.6 Å². The summed E-state index contributed by atoms with van der Waals surface area (Å²) in [6.07, 6.45) is -0.723. The topological polar surface area (TPSA) is 102 Å². The maximum absolute atomic E-state index is 11.9. The number of rotatable bonds is 6. The molecule has 2 aromatic rings. The minimum Gasteiger partial charge on any atom is -0.480 e. The summed E-state index contributed by atoms with van der Waals surface area (Å²) in [4.78, 5) is 23.1. The molecule has 4 N–H and O–H groups in total. The van der Waals surface area contributed by atoms with Crippen LogP contribution in [0.25, 0.3) is 0 Å². The van der Waals surface area contributed by atoms with Gasteiger partial charge in [0, 0.05) is 0 Å². The lowest BCUT2D eigenvalue weighted by Crippen LogP contribution is -2.45. The van der Waals surface area contributed by atoms with Gasteiger partial charge in [0.05, 0.1) is 6.04 Å². The zero-order chi connectivity index (χ0) is 16.7. The van der Waals surface area contributed by atoms with Crippen molar-refractivity contribution in [3.63, 3.8) is 0 Å². The van der Waals surface area contributed by atoms with Crippen LogP contribution < -0.4 is 11.1 Å². The van der Waals surface area contributed by atoms with Gasteiger partial charge in [-0.1, -0.05) is 60.7 Å². The van der Waals surface area contributed by atoms with Crippen molar-refractivity contribution in [2.75, 3.05) is 0 Å². The Morgan fingerprint density at radius 1 is 1.04 bits per heavy atom. The standard InChI is InChI=1S/C17H18N2O4/c18-14(16(20)21)15(13-9-5-2-6-10-13)19-17(22)23-11-12-7-3-1-4-8-12/h1-10,14-15H,11,18H2,(H,19,22)(H,20,21)/t14-,15+/m0/s1. The number of alkyl carbamates (subject to hydrolysis) is 1. The average molecular weight is 314 g/mol. The van der Waals surface area contributed by atoms with Crippen molar-refractivity contribution in [2.45, 2.75) is 18.7 Å². The van der Waals surface area contributed by atoms with Gasteiger partial charge in [0.25, 0.3) is 0 Å². The van der Waals surface area contributed by atoms with Crippen LogP contribution in [-0.2, 0) is 16.1 Å². The number of carbonyl (C=O) groups is 2. The molecule has 0 heterocycles. The summed E-state index contributed by atoms with van der Waals surface area (Å²) in [5.74, 6) is -1.21. The quantitative estimate of drug-likeness (QED) is 0.757. The third-order valence-corrected chi connectivity index (χ3v) is 3.29. The number of hydrogen-bond acceptors (Lipinski definition) is 4. The first-order chi connectivity index (χ1) is 11.1. The van der Waals surface area contributed by atoms with Gasteiger partial charge in [-0.05, 0) is 11.1 Å². The van der Waals surface area contributed by atoms with Gasteiger partial charge in [0.2, 0.25) is 0 Å². The molecular formula is C17H18N2O4. The highest BCUT2D eigenvalue weighted by Gasteiger charge is 2.27. The fraction of sp³-hybridized carbons (Fsp3) is 0.176. The van der Waals surface area contributed by atoms with Gasteiger partial charge in [-0.25, -0.2) is 4.79 Å². The number of amides is 1. The Balaban J connectivity index is 2.02. The van der Waals surface area contributed by atoms with E-state index in [0.29, 0.717) is 5.56 Å². The van der Waals surface area contributed by atoms with Crippen LogP contribution in [0.4, 0.5) is 4.79 Å². The molecule has 0 fully saturated rings. The fourth-order valence-electron chi connectivity index (χ4n) is 2.08. The molecule has 0 aliphatic carbocycles. The second kappa shape index (κ2) is 7.95. The number of ether oxygens (including phenoxy) is 1. The van der Waals surface area contributed by atoms with Crippen molar-refractivity contribution < 1.29 is 19.4 Å². The van der Waals surface area contributed by atoms with Crippen LogP contribution in [0.2, 0.25) is 0 Å². The molecule has 0 aliphatic rings. The summed E-state index contributed by atoms with van der Waals surface area (Å²) in [5.41, 5.74) is 7.11. The van der Waals surface area contributed by atoms with E-state index in [1.54, 1.807) is 30.3 Å². The second-order valence-corrected chi connectivity index (χ2v) is 4.96. The Morgan fingerprint density at radius 2 is 1.61 bits per heavy atom. The van der Waals surface area contributed by atoms with E-state index in [9.17, 15) is 9.59 Å². The molecule has 0 saturated heterocycles. The first-order valence-corrected chi connectivity index (χ1v) is 7.08. The molecule has 0 unspecified atom stereocenters. The highest BCUT2D eigenvalue weighted by molar-refractivity contribution is 5.76. The molecule has 120 valence electrons. The van der Waals surface area contributed by atoms with E-state index in [0.717, 1.165) is 5.56 Å². The lowest BCUT2D eigenvalue weighted by molar-refractivity contribution is -0.139. The monoisotopic (exact) mass is 314 g/mol. The molecule has 2 aromatic carbocycles. The molecule has 2 atom stereocenters. The van der Waals surface area contributed by atoms with Gasteiger partial charge in [-0.2, -0.15) is 0 Å². The Kier molecular flexibility index (Phi) is 5.71. The Bertz CT molecular complexity index is 646. The van der Waals surface area contributed by atoms with E-state index >= 15 is 0 Å². The van der Waals surface area contributed by atoms with Gasteiger partial charge < -0.3 is 20.9 Å². The normalized spacial score (nSPS) is 12.9. The fourth-order valence-corrected chi connectivity index (χ4v) is 2.08. The molecule has 0 saturated carbocycles. The van der Waals surface area contributed by atoms with Crippen molar-refractivity contribution in [1.82, 2.24) is 5.32 Å². The summed E-state index contributed by atoms with van der Waals surface area (Å²) in [6, 6.07) is 15.7. The molecule has 1 amide bonds. The second-order valence-electron chi connectivity index (χ2n) is 4.96. The smallest absolute Gasteiger partial charge is 0.408 e. The molecule has 0 aromatic heterocycles. The minimum atomic E-state index is -1.28. The Morgan fingerprint density at radius 3 is 2.17 bits per heavy atom. The summed E-state index contributed by atoms with van der Waals surface area (Å²) in [7, 11) is 0. The van der Waals surface area contributed by atoms with E-state index in [1.807, 2.05) is 30.3 Å². The van der Waals surface area contributed by atoms with Crippen molar-refractivity contribution in [3.8, 4) is 0 Å². The van der Waals surface area contributed by atoms with Gasteiger partial charge in [-0.15, -0.1) is 0 Å². The molecule has 23 heavy (non-hydrogen) atoms. The number of aliphatic carboxylic acids is 1. The van der Waals surface area contributed by atoms with Gasteiger partial charge in [0.15, 0.2) is 0 Å². The summed E-state index contributed by atoms with van der Waals surface area (Å²) < 4.78 is 5.11. The number of carbonyl (C=O) groups excluding carboxylic acids is 1. The number of carboxylic acid groups (broad SMARTS) is 1. The summed E-state index contributed by atoms with van der Waals surface area (Å²) >= 11 is 0. The molecule has 6 nitrogen and oxygen atoms in total. The van der Waals surface area contributed by atoms with Crippen LogP contribution >= 0.6 is 0 Å². The molecule has 0 spiro atoms. The van der Waals surface area contributed by atoms with Crippen LogP contribution in [0, 0.1) is 0 Å². The van der Waals surface area contributed by atoms with E-state index in [-0.39, 0.29) is 6.61 Å². The highest BCUT2D eigenvalue weighted by atomic mass is 16.5. The van der Waals surface area contributed by atoms with Crippen molar-refractivity contribution in [2.24, 2.45) is 5.73 Å². The number of nitrogens with one attached hydrogen (secondary N) is 1. The molecule has 0 bridgehead atoms. The molecular weight excluding hydrogens is 296 g/mol. The number of nitrogens with two attached hydrogens (primary N) is 1. The van der Waals surface area contributed by atoms with E-state index < -0.39 is 24.1 Å². The Labute approximate surface area is 133 Å². The van der Waals surface area contributed by atoms with Crippen LogP contribution in [0.15, 0.2) is 60.7 Å². The average Bonchev–Trinajstić information content (AvgIpc) is 2.59. The maximum atomic E-state index is 11.9. The van der Waals surface area contributed by atoms with Crippen LogP contribution in [-0.4, -0.2) is 23.2 Å². The number of benzene rings is 2. The first kappa shape index (κ1) is 16.5. The molecule has 2 rings (SSSR count). The molecule has 0 aliphatic heterocycles. The van der Waals surface area contributed by atoms with Crippen LogP contribution in [0.5, 0.6) is 0 Å². The molecule has 0 radical (unpaired) electrons. The predicted octanol–water partition coefficient (Wildman–Crippen LogP) is 2.07. The van der Waals surface area contributed by atoms with E-state index in [1.165, 1.54) is 0 Å². The number of carboxylic acids is 1. The minimum absolute atomic E-state index is 0.0937. The third kappa shape index (κ3) is 4.82. The van der Waals surface area contributed by atoms with Crippen LogP contribution in [0.1, 0.15) is 17.2 Å². The van der Waals surface area contributed by atoms with Gasteiger partial charge in [-0.3, -0.25) is 4.79 Å². The van der Waals surface area contributed by atoms with Crippen molar-refractivity contribution in [3.05, 3.63) is 71.8 Å².